The molecule has 2 aromatic rings. The molecule has 1 heteroatoms. The van der Waals surface area contributed by atoms with Gasteiger partial charge in [0.1, 0.15) is 7.28 Å². The van der Waals surface area contributed by atoms with Crippen LogP contribution in [0.4, 0.5) is 0 Å². The Morgan fingerprint density at radius 2 is 0.824 bits per heavy atom. The summed E-state index contributed by atoms with van der Waals surface area (Å²) in [6.07, 6.45) is 0. The van der Waals surface area contributed by atoms with Crippen molar-refractivity contribution in [3.63, 3.8) is 0 Å². The highest BCUT2D eigenvalue weighted by molar-refractivity contribution is 6.31. The van der Waals surface area contributed by atoms with Crippen LogP contribution in [0, 0.1) is 13.8 Å². The highest BCUT2D eigenvalue weighted by atomic mass is 13.8. The molecule has 0 unspecified atom stereocenters. The van der Waals surface area contributed by atoms with E-state index in [1.54, 1.807) is 0 Å². The van der Waals surface area contributed by atoms with E-state index in [4.69, 9.17) is 0 Å². The lowest BCUT2D eigenvalue weighted by atomic mass is 9.88. The van der Waals surface area contributed by atoms with E-state index in [1.807, 2.05) is 57.3 Å². The third-order valence-electron chi connectivity index (χ3n) is 1.88. The van der Waals surface area contributed by atoms with E-state index in [9.17, 15) is 0 Å². The Morgan fingerprint density at radius 1 is 0.588 bits per heavy atom. The molecule has 0 amide bonds. The van der Waals surface area contributed by atoms with Crippen LogP contribution in [0.1, 0.15) is 11.1 Å². The fraction of sp³-hybridized carbons (Fsp3) is 0.250. The van der Waals surface area contributed by atoms with Crippen LogP contribution in [-0.2, 0) is 0 Å². The molecule has 0 aliphatic rings. The largest absolute Gasteiger partial charge is 0.102 e. The molecule has 0 atom stereocenters. The number of hydrogen-bond acceptors (Lipinski definition) is 0. The van der Waals surface area contributed by atoms with Gasteiger partial charge in [0.05, 0.1) is 0 Å². The Morgan fingerprint density at radius 3 is 0.941 bits per heavy atom. The lowest BCUT2D eigenvalue weighted by Crippen LogP contribution is -1.62. The first-order valence-corrected chi connectivity index (χ1v) is 5.98. The average Bonchev–Trinajstić information content (AvgIpc) is 2.33. The zero-order valence-corrected chi connectivity index (χ0v) is 11.4. The van der Waals surface area contributed by atoms with Crippen molar-refractivity contribution in [2.24, 2.45) is 0 Å². The van der Waals surface area contributed by atoms with Crippen molar-refractivity contribution in [3.8, 4) is 0 Å². The van der Waals surface area contributed by atoms with Crippen LogP contribution in [0.15, 0.2) is 60.7 Å². The van der Waals surface area contributed by atoms with Gasteiger partial charge in [-0.3, -0.25) is 0 Å². The molecule has 89 valence electrons. The van der Waals surface area contributed by atoms with Crippen LogP contribution in [-0.4, -0.2) is 7.28 Å². The highest BCUT2D eigenvalue weighted by Gasteiger charge is 1.72. The van der Waals surface area contributed by atoms with E-state index in [1.165, 1.54) is 11.1 Å². The molecule has 0 bridgehead atoms. The summed E-state index contributed by atoms with van der Waals surface area (Å²) in [5.41, 5.74) is 2.64. The Bertz CT molecular complexity index is 316. The molecule has 0 nitrogen and oxygen atoms in total. The minimum Gasteiger partial charge on any atom is -0.0922 e. The maximum absolute atomic E-state index is 2.08. The van der Waals surface area contributed by atoms with E-state index in [-0.39, 0.29) is 0 Å². The Kier molecular flexibility index (Phi) is 10.0. The molecule has 17 heavy (non-hydrogen) atoms. The molecular formula is C16H22B. The third kappa shape index (κ3) is 10.8. The summed E-state index contributed by atoms with van der Waals surface area (Å²) in [5.74, 6) is 0. The van der Waals surface area contributed by atoms with Crippen LogP contribution >= 0.6 is 0 Å². The van der Waals surface area contributed by atoms with Crippen LogP contribution in [0.2, 0.25) is 13.6 Å². The van der Waals surface area contributed by atoms with Gasteiger partial charge in [0.25, 0.3) is 0 Å². The topological polar surface area (TPSA) is 0 Å². The number of hydrogen-bond donors (Lipinski definition) is 0. The average molecular weight is 225 g/mol. The highest BCUT2D eigenvalue weighted by Crippen LogP contribution is 1.92. The zero-order valence-electron chi connectivity index (χ0n) is 11.4. The van der Waals surface area contributed by atoms with Gasteiger partial charge in [0.15, 0.2) is 0 Å². The lowest BCUT2D eigenvalue weighted by Gasteiger charge is -1.82. The molecule has 2 aromatic carbocycles. The maximum atomic E-state index is 2.08. The van der Waals surface area contributed by atoms with E-state index in [0.29, 0.717) is 0 Å². The van der Waals surface area contributed by atoms with Gasteiger partial charge in [-0.1, -0.05) is 85.4 Å². The summed E-state index contributed by atoms with van der Waals surface area (Å²) >= 11 is 0. The number of rotatable bonds is 0. The summed E-state index contributed by atoms with van der Waals surface area (Å²) in [5, 5.41) is 0. The van der Waals surface area contributed by atoms with Crippen molar-refractivity contribution in [2.75, 3.05) is 0 Å². The summed E-state index contributed by atoms with van der Waals surface area (Å²) in [7, 11) is 2.00. The SMILES string of the molecule is C[B]C.Cc1ccccc1.Cc1ccccc1. The van der Waals surface area contributed by atoms with E-state index >= 15 is 0 Å². The first-order valence-electron chi connectivity index (χ1n) is 5.98. The van der Waals surface area contributed by atoms with Gasteiger partial charge >= 0.3 is 0 Å². The molecule has 0 N–H and O–H groups in total. The monoisotopic (exact) mass is 225 g/mol. The van der Waals surface area contributed by atoms with Crippen molar-refractivity contribution in [1.82, 2.24) is 0 Å². The quantitative estimate of drug-likeness (QED) is 0.566. The van der Waals surface area contributed by atoms with Crippen molar-refractivity contribution >= 4 is 7.28 Å². The van der Waals surface area contributed by atoms with Gasteiger partial charge in [-0.15, -0.1) is 0 Å². The van der Waals surface area contributed by atoms with E-state index in [0.717, 1.165) is 0 Å². The molecule has 2 rings (SSSR count). The lowest BCUT2D eigenvalue weighted by molar-refractivity contribution is 1.48. The molecule has 0 aliphatic carbocycles. The van der Waals surface area contributed by atoms with Gasteiger partial charge < -0.3 is 0 Å². The van der Waals surface area contributed by atoms with Crippen LogP contribution < -0.4 is 0 Å². The number of aryl methyl sites for hydroxylation is 2. The molecule has 0 aliphatic heterocycles. The Balaban J connectivity index is 0.000000247. The van der Waals surface area contributed by atoms with E-state index < -0.39 is 0 Å². The second kappa shape index (κ2) is 11.0. The van der Waals surface area contributed by atoms with Crippen LogP contribution in [0.25, 0.3) is 0 Å². The van der Waals surface area contributed by atoms with E-state index in [2.05, 4.69) is 38.1 Å². The molecule has 0 saturated heterocycles. The molecule has 0 aromatic heterocycles. The Labute approximate surface area is 107 Å². The smallest absolute Gasteiger partial charge is 0.0922 e. The first-order chi connectivity index (χ1) is 8.20. The van der Waals surface area contributed by atoms with Crippen molar-refractivity contribution in [2.45, 2.75) is 27.5 Å². The summed E-state index contributed by atoms with van der Waals surface area (Å²) in [6, 6.07) is 20.5. The summed E-state index contributed by atoms with van der Waals surface area (Å²) in [6.45, 7) is 8.17. The predicted octanol–water partition coefficient (Wildman–Crippen LogP) is 4.78. The first kappa shape index (κ1) is 15.5. The molecule has 1 radical (unpaired) electrons. The summed E-state index contributed by atoms with van der Waals surface area (Å²) in [4.78, 5) is 0. The van der Waals surface area contributed by atoms with Crippen molar-refractivity contribution in [1.29, 1.82) is 0 Å². The Hall–Kier alpha value is -1.50. The van der Waals surface area contributed by atoms with Gasteiger partial charge in [-0.2, -0.15) is 0 Å². The van der Waals surface area contributed by atoms with Gasteiger partial charge in [-0.05, 0) is 13.8 Å². The van der Waals surface area contributed by atoms with Crippen molar-refractivity contribution < 1.29 is 0 Å². The molecule has 0 spiro atoms. The minimum absolute atomic E-state index is 1.32. The van der Waals surface area contributed by atoms with Gasteiger partial charge in [-0.25, -0.2) is 0 Å². The second-order valence-electron chi connectivity index (χ2n) is 3.89. The fourth-order valence-electron chi connectivity index (χ4n) is 1.07. The number of benzene rings is 2. The molecule has 0 heterocycles. The molecule has 0 saturated carbocycles. The molecule has 0 fully saturated rings. The minimum atomic E-state index is 1.32. The standard InChI is InChI=1S/2C7H8.C2H6B/c2*1-7-5-3-2-4-6-7;1-3-2/h2*2-6H,1H3;1-2H3. The van der Waals surface area contributed by atoms with Crippen LogP contribution in [0.3, 0.4) is 0 Å². The summed E-state index contributed by atoms with van der Waals surface area (Å²) < 4.78 is 0. The third-order valence-corrected chi connectivity index (χ3v) is 1.88. The molecular weight excluding hydrogens is 203 g/mol. The normalized spacial score (nSPS) is 8.00. The van der Waals surface area contributed by atoms with Gasteiger partial charge in [0.2, 0.25) is 0 Å². The second-order valence-corrected chi connectivity index (χ2v) is 3.89. The maximum Gasteiger partial charge on any atom is 0.102 e. The fourth-order valence-corrected chi connectivity index (χ4v) is 1.07. The van der Waals surface area contributed by atoms with Crippen molar-refractivity contribution in [3.05, 3.63) is 71.8 Å². The zero-order chi connectivity index (χ0) is 12.9. The predicted molar refractivity (Wildman–Crippen MR) is 79.8 cm³/mol. The van der Waals surface area contributed by atoms with Crippen LogP contribution in [0.5, 0.6) is 0 Å². The van der Waals surface area contributed by atoms with Gasteiger partial charge in [0, 0.05) is 0 Å².